The summed E-state index contributed by atoms with van der Waals surface area (Å²) in [6.45, 7) is 0. The zero-order valence-corrected chi connectivity index (χ0v) is 15.4. The lowest BCUT2D eigenvalue weighted by Gasteiger charge is -1.94. The first-order valence-corrected chi connectivity index (χ1v) is 10.9. The highest BCUT2D eigenvalue weighted by molar-refractivity contribution is 8.40. The molecule has 0 fully saturated rings. The average Bonchev–Trinajstić information content (AvgIpc) is 3.07. The van der Waals surface area contributed by atoms with Crippen molar-refractivity contribution in [3.05, 3.63) is 38.9 Å². The SMILES string of the molecule is CSC1=C(SC)SC(=CC=C2SC(C#N)=C(C#N)S2)S1. The lowest BCUT2D eigenvalue weighted by atomic mass is 10.5. The van der Waals surface area contributed by atoms with Gasteiger partial charge in [-0.1, -0.05) is 47.0 Å². The molecule has 8 heteroatoms. The molecule has 0 bridgehead atoms. The maximum atomic E-state index is 8.94. The van der Waals surface area contributed by atoms with Crippen LogP contribution in [-0.2, 0) is 0 Å². The molecule has 0 atom stereocenters. The second-order valence-electron chi connectivity index (χ2n) is 3.24. The van der Waals surface area contributed by atoms with E-state index in [9.17, 15) is 0 Å². The largest absolute Gasteiger partial charge is 0.192 e. The Balaban J connectivity index is 2.05. The molecule has 2 aliphatic heterocycles. The lowest BCUT2D eigenvalue weighted by Crippen LogP contribution is -1.66. The van der Waals surface area contributed by atoms with Crippen LogP contribution in [-0.4, -0.2) is 12.5 Å². The predicted molar refractivity (Wildman–Crippen MR) is 98.8 cm³/mol. The van der Waals surface area contributed by atoms with E-state index in [-0.39, 0.29) is 0 Å². The third-order valence-corrected chi connectivity index (χ3v) is 9.52. The summed E-state index contributed by atoms with van der Waals surface area (Å²) in [4.78, 5) is 1.00. The molecule has 2 heterocycles. The van der Waals surface area contributed by atoms with E-state index in [1.54, 1.807) is 47.0 Å². The van der Waals surface area contributed by atoms with Gasteiger partial charge < -0.3 is 0 Å². The molecular formula is C12H8N2S6. The summed E-state index contributed by atoms with van der Waals surface area (Å²) in [5.41, 5.74) is 0. The molecule has 2 aliphatic rings. The van der Waals surface area contributed by atoms with Gasteiger partial charge in [-0.05, 0) is 24.7 Å². The molecule has 0 aliphatic carbocycles. The lowest BCUT2D eigenvalue weighted by molar-refractivity contribution is 1.50. The van der Waals surface area contributed by atoms with Gasteiger partial charge in [0.15, 0.2) is 0 Å². The van der Waals surface area contributed by atoms with E-state index in [1.807, 2.05) is 6.08 Å². The highest BCUT2D eigenvalue weighted by atomic mass is 32.3. The van der Waals surface area contributed by atoms with E-state index in [2.05, 4.69) is 30.7 Å². The molecule has 0 saturated carbocycles. The van der Waals surface area contributed by atoms with Gasteiger partial charge in [0.1, 0.15) is 21.9 Å². The molecule has 102 valence electrons. The van der Waals surface area contributed by atoms with Gasteiger partial charge in [0, 0.05) is 0 Å². The van der Waals surface area contributed by atoms with Crippen molar-refractivity contribution in [3.63, 3.8) is 0 Å². The molecule has 0 amide bonds. The van der Waals surface area contributed by atoms with E-state index in [4.69, 9.17) is 10.5 Å². The van der Waals surface area contributed by atoms with Gasteiger partial charge in [0.25, 0.3) is 0 Å². The predicted octanol–water partition coefficient (Wildman–Crippen LogP) is 5.74. The van der Waals surface area contributed by atoms with Gasteiger partial charge in [-0.2, -0.15) is 10.5 Å². The van der Waals surface area contributed by atoms with Crippen LogP contribution in [0.4, 0.5) is 0 Å². The van der Waals surface area contributed by atoms with E-state index < -0.39 is 0 Å². The van der Waals surface area contributed by atoms with E-state index in [0.29, 0.717) is 9.81 Å². The Morgan fingerprint density at radius 2 is 1.20 bits per heavy atom. The minimum atomic E-state index is 0.501. The maximum Gasteiger partial charge on any atom is 0.115 e. The summed E-state index contributed by atoms with van der Waals surface area (Å²) in [5, 5.41) is 17.9. The molecule has 0 unspecified atom stereocenters. The zero-order chi connectivity index (χ0) is 14.5. The Morgan fingerprint density at radius 3 is 1.55 bits per heavy atom. The van der Waals surface area contributed by atoms with Crippen LogP contribution >= 0.6 is 70.6 Å². The molecule has 0 radical (unpaired) electrons. The van der Waals surface area contributed by atoms with Crippen molar-refractivity contribution in [1.29, 1.82) is 10.5 Å². The van der Waals surface area contributed by atoms with Crippen LogP contribution in [0.25, 0.3) is 0 Å². The first kappa shape index (κ1) is 16.4. The minimum Gasteiger partial charge on any atom is -0.192 e. The van der Waals surface area contributed by atoms with Gasteiger partial charge in [0.05, 0.1) is 16.9 Å². The third kappa shape index (κ3) is 3.82. The molecule has 0 spiro atoms. The summed E-state index contributed by atoms with van der Waals surface area (Å²) in [5.74, 6) is 0. The van der Waals surface area contributed by atoms with Crippen LogP contribution in [0.2, 0.25) is 0 Å². The van der Waals surface area contributed by atoms with Crippen LogP contribution in [0.1, 0.15) is 0 Å². The first-order valence-electron chi connectivity index (χ1n) is 5.22. The monoisotopic (exact) mass is 372 g/mol. The number of allylic oxidation sites excluding steroid dienone is 4. The number of hydrogen-bond donors (Lipinski definition) is 0. The molecule has 0 N–H and O–H groups in total. The van der Waals surface area contributed by atoms with Crippen LogP contribution < -0.4 is 0 Å². The van der Waals surface area contributed by atoms with Gasteiger partial charge in [0.2, 0.25) is 0 Å². The van der Waals surface area contributed by atoms with Crippen LogP contribution in [0, 0.1) is 22.7 Å². The number of thioether (sulfide) groups is 6. The maximum absolute atomic E-state index is 8.94. The summed E-state index contributed by atoms with van der Waals surface area (Å²) in [6.07, 6.45) is 8.24. The molecule has 2 rings (SSSR count). The Morgan fingerprint density at radius 1 is 0.800 bits per heavy atom. The Bertz CT molecular complexity index is 583. The van der Waals surface area contributed by atoms with E-state index >= 15 is 0 Å². The summed E-state index contributed by atoms with van der Waals surface area (Å²) in [7, 11) is 0. The van der Waals surface area contributed by atoms with E-state index in [0.717, 1.165) is 4.24 Å². The van der Waals surface area contributed by atoms with Gasteiger partial charge in [-0.3, -0.25) is 0 Å². The molecule has 0 aromatic heterocycles. The van der Waals surface area contributed by atoms with Crippen LogP contribution in [0.15, 0.2) is 38.9 Å². The standard InChI is InChI=1S/C12H8N2S6/c1-15-11-12(16-2)20-10(19-11)4-3-9-17-7(5-13)8(6-14)18-9/h3-4H,1-2H3. The second kappa shape index (κ2) is 7.88. The quantitative estimate of drug-likeness (QED) is 0.621. The number of nitrogens with zero attached hydrogens (tertiary/aromatic N) is 2. The van der Waals surface area contributed by atoms with Crippen molar-refractivity contribution >= 4 is 70.6 Å². The summed E-state index contributed by atoms with van der Waals surface area (Å²) < 4.78 is 4.89. The fourth-order valence-electron chi connectivity index (χ4n) is 1.27. The molecular weight excluding hydrogens is 365 g/mol. The van der Waals surface area contributed by atoms with Crippen LogP contribution in [0.5, 0.6) is 0 Å². The number of rotatable bonds is 3. The van der Waals surface area contributed by atoms with Gasteiger partial charge >= 0.3 is 0 Å². The third-order valence-electron chi connectivity index (χ3n) is 2.09. The van der Waals surface area contributed by atoms with Crippen molar-refractivity contribution < 1.29 is 0 Å². The molecule has 0 aromatic carbocycles. The molecule has 0 aromatic rings. The van der Waals surface area contributed by atoms with Crippen LogP contribution in [0.3, 0.4) is 0 Å². The Hall–Kier alpha value is 0.0400. The van der Waals surface area contributed by atoms with Crippen molar-refractivity contribution in [2.24, 2.45) is 0 Å². The van der Waals surface area contributed by atoms with E-state index in [1.165, 1.54) is 36.2 Å². The topological polar surface area (TPSA) is 47.6 Å². The van der Waals surface area contributed by atoms with Crippen molar-refractivity contribution in [2.75, 3.05) is 12.5 Å². The zero-order valence-electron chi connectivity index (χ0n) is 10.5. The minimum absolute atomic E-state index is 0.501. The summed E-state index contributed by atoms with van der Waals surface area (Å²) >= 11 is 9.84. The Kier molecular flexibility index (Phi) is 6.47. The fourth-order valence-corrected chi connectivity index (χ4v) is 8.06. The highest BCUT2D eigenvalue weighted by Crippen LogP contribution is 2.56. The van der Waals surface area contributed by atoms with Crippen molar-refractivity contribution in [3.8, 4) is 12.1 Å². The first-order chi connectivity index (χ1) is 9.71. The normalized spacial score (nSPS) is 18.4. The molecule has 0 saturated heterocycles. The number of hydrogen-bond acceptors (Lipinski definition) is 8. The highest BCUT2D eigenvalue weighted by Gasteiger charge is 2.22. The van der Waals surface area contributed by atoms with Gasteiger partial charge in [-0.15, -0.1) is 23.5 Å². The molecule has 20 heavy (non-hydrogen) atoms. The Labute approximate surface area is 144 Å². The van der Waals surface area contributed by atoms with Crippen molar-refractivity contribution in [2.45, 2.75) is 0 Å². The molecule has 2 nitrogen and oxygen atoms in total. The summed E-state index contributed by atoms with van der Waals surface area (Å²) in [6, 6.07) is 4.14. The number of nitriles is 2. The van der Waals surface area contributed by atoms with Gasteiger partial charge in [-0.25, -0.2) is 0 Å². The second-order valence-corrected chi connectivity index (χ2v) is 10.1. The van der Waals surface area contributed by atoms with Crippen molar-refractivity contribution in [1.82, 2.24) is 0 Å². The fraction of sp³-hybridized carbons (Fsp3) is 0.167. The average molecular weight is 373 g/mol. The smallest absolute Gasteiger partial charge is 0.115 e.